The third kappa shape index (κ3) is 3.61. The number of hydrogen-bond donors (Lipinski definition) is 1. The molecule has 154 valence electrons. The monoisotopic (exact) mass is 420 g/mol. The number of hydrogen-bond acceptors (Lipinski definition) is 7. The Bertz CT molecular complexity index is 994. The van der Waals surface area contributed by atoms with Crippen molar-refractivity contribution in [2.75, 3.05) is 29.9 Å². The van der Waals surface area contributed by atoms with E-state index in [0.717, 1.165) is 18.8 Å². The van der Waals surface area contributed by atoms with Crippen LogP contribution in [0.25, 0.3) is 5.65 Å². The molecule has 2 fully saturated rings. The molecule has 2 bridgehead atoms. The number of anilines is 2. The molecule has 1 saturated carbocycles. The summed E-state index contributed by atoms with van der Waals surface area (Å²) in [6, 6.07) is 5.81. The molecule has 0 radical (unpaired) electrons. The van der Waals surface area contributed by atoms with Crippen LogP contribution in [0.3, 0.4) is 0 Å². The maximum Gasteiger partial charge on any atom is 0.272 e. The molecule has 29 heavy (non-hydrogen) atoms. The molecule has 1 aliphatic carbocycles. The maximum atomic E-state index is 12.5. The van der Waals surface area contributed by atoms with E-state index in [1.807, 2.05) is 6.92 Å². The normalized spacial score (nSPS) is 23.9. The van der Waals surface area contributed by atoms with E-state index in [-0.39, 0.29) is 0 Å². The Kier molecular flexibility index (Phi) is 4.73. The van der Waals surface area contributed by atoms with Crippen molar-refractivity contribution in [2.45, 2.75) is 32.2 Å². The van der Waals surface area contributed by atoms with Gasteiger partial charge in [-0.25, -0.2) is 13.3 Å². The summed E-state index contributed by atoms with van der Waals surface area (Å²) in [6.45, 7) is 3.35. The fourth-order valence-electron chi connectivity index (χ4n) is 4.49. The predicted molar refractivity (Wildman–Crippen MR) is 107 cm³/mol. The molecular weight excluding hydrogens is 398 g/mol. The summed E-state index contributed by atoms with van der Waals surface area (Å²) in [4.78, 5) is 6.95. The van der Waals surface area contributed by atoms with Gasteiger partial charge in [0.15, 0.2) is 11.4 Å². The predicted octanol–water partition coefficient (Wildman–Crippen LogP) is 3.47. The van der Waals surface area contributed by atoms with E-state index in [1.54, 1.807) is 34.4 Å². The van der Waals surface area contributed by atoms with Crippen molar-refractivity contribution in [3.63, 3.8) is 0 Å². The van der Waals surface area contributed by atoms with Crippen molar-refractivity contribution in [3.8, 4) is 5.75 Å². The summed E-state index contributed by atoms with van der Waals surface area (Å²) in [5.74, 6) is 1.85. The quantitative estimate of drug-likeness (QED) is 0.659. The molecule has 0 spiro atoms. The van der Waals surface area contributed by atoms with Crippen molar-refractivity contribution in [3.05, 3.63) is 30.1 Å². The van der Waals surface area contributed by atoms with Crippen molar-refractivity contribution in [2.24, 2.45) is 11.8 Å². The van der Waals surface area contributed by atoms with Gasteiger partial charge in [0.1, 0.15) is 11.6 Å². The van der Waals surface area contributed by atoms with Gasteiger partial charge in [0, 0.05) is 25.3 Å². The van der Waals surface area contributed by atoms with Gasteiger partial charge in [0.2, 0.25) is 5.95 Å². The van der Waals surface area contributed by atoms with Gasteiger partial charge in [-0.05, 0) is 61.3 Å². The van der Waals surface area contributed by atoms with Crippen LogP contribution in [-0.4, -0.2) is 51.1 Å². The largest absolute Gasteiger partial charge is 0.484 e. The third-order valence-corrected chi connectivity index (χ3v) is 6.69. The second-order valence-electron chi connectivity index (χ2n) is 7.76. The van der Waals surface area contributed by atoms with Gasteiger partial charge in [-0.15, -0.1) is 5.10 Å². The van der Waals surface area contributed by atoms with Crippen molar-refractivity contribution >= 4 is 28.1 Å². The van der Waals surface area contributed by atoms with E-state index in [1.165, 1.54) is 17.8 Å². The van der Waals surface area contributed by atoms with Gasteiger partial charge in [-0.3, -0.25) is 0 Å². The molecule has 3 aromatic rings. The van der Waals surface area contributed by atoms with E-state index in [2.05, 4.69) is 30.7 Å². The van der Waals surface area contributed by atoms with Crippen LogP contribution in [0.2, 0.25) is 0 Å². The van der Waals surface area contributed by atoms with Gasteiger partial charge >= 0.3 is 0 Å². The van der Waals surface area contributed by atoms with E-state index < -0.39 is 13.0 Å². The molecule has 5 rings (SSSR count). The zero-order chi connectivity index (χ0) is 20.0. The number of piperidine rings is 1. The highest BCUT2D eigenvalue weighted by molar-refractivity contribution is 7.10. The Balaban J connectivity index is 1.32. The van der Waals surface area contributed by atoms with Crippen molar-refractivity contribution in [1.29, 1.82) is 0 Å². The molecule has 0 amide bonds. The molecule has 0 aromatic carbocycles. The smallest absolute Gasteiger partial charge is 0.272 e. The van der Waals surface area contributed by atoms with Crippen LogP contribution < -0.4 is 15.0 Å². The SMILES string of the molecule is Cc1cc(N2C[C@H]3CC[C@@H](C2)C3Nc2nc3c(OCC(F)F)cccn3n2)sn1. The molecule has 1 saturated heterocycles. The third-order valence-electron chi connectivity index (χ3n) is 5.75. The van der Waals surface area contributed by atoms with E-state index in [0.29, 0.717) is 35.2 Å². The Morgan fingerprint density at radius 1 is 1.31 bits per heavy atom. The molecule has 1 aliphatic heterocycles. The van der Waals surface area contributed by atoms with Gasteiger partial charge in [-0.1, -0.05) is 0 Å². The van der Waals surface area contributed by atoms with Gasteiger partial charge in [-0.2, -0.15) is 9.36 Å². The van der Waals surface area contributed by atoms with Crippen LogP contribution in [0.15, 0.2) is 24.4 Å². The van der Waals surface area contributed by atoms with Crippen molar-refractivity contribution < 1.29 is 13.5 Å². The molecule has 2 aliphatic rings. The molecule has 3 atom stereocenters. The number of nitrogens with one attached hydrogen (secondary N) is 1. The summed E-state index contributed by atoms with van der Waals surface area (Å²) in [5, 5.41) is 9.23. The van der Waals surface area contributed by atoms with Crippen LogP contribution >= 0.6 is 11.5 Å². The minimum atomic E-state index is -2.53. The number of ether oxygens (including phenoxy) is 1. The topological polar surface area (TPSA) is 67.6 Å². The lowest BCUT2D eigenvalue weighted by Gasteiger charge is -2.38. The van der Waals surface area contributed by atoms with E-state index >= 15 is 0 Å². The van der Waals surface area contributed by atoms with Crippen LogP contribution in [0, 0.1) is 18.8 Å². The summed E-state index contributed by atoms with van der Waals surface area (Å²) >= 11 is 1.56. The molecule has 7 nitrogen and oxygen atoms in total. The molecule has 10 heteroatoms. The summed E-state index contributed by atoms with van der Waals surface area (Å²) in [5.41, 5.74) is 1.51. The Labute approximate surface area is 170 Å². The lowest BCUT2D eigenvalue weighted by atomic mass is 9.92. The van der Waals surface area contributed by atoms with Crippen LogP contribution in [0.4, 0.5) is 19.7 Å². The van der Waals surface area contributed by atoms with E-state index in [4.69, 9.17) is 4.74 Å². The maximum absolute atomic E-state index is 12.5. The standard InChI is InChI=1S/C19H22F2N6OS/c1-11-7-16(29-25-11)26-8-12-4-5-13(9-26)17(12)22-19-23-18-14(28-10-15(20)21)3-2-6-27(18)24-19/h2-3,6-7,12-13,15,17H,4-5,8-10H2,1H3,(H,22,24)/t12-,13+,17?. The number of rotatable bonds is 6. The first-order chi connectivity index (χ1) is 14.1. The average Bonchev–Trinajstić information content (AvgIpc) is 3.36. The highest BCUT2D eigenvalue weighted by Gasteiger charge is 2.43. The summed E-state index contributed by atoms with van der Waals surface area (Å²) < 4.78 is 36.2. The van der Waals surface area contributed by atoms with Gasteiger partial charge in [0.05, 0.1) is 5.69 Å². The minimum Gasteiger partial charge on any atom is -0.484 e. The first-order valence-electron chi connectivity index (χ1n) is 9.78. The number of halogens is 2. The number of aryl methyl sites for hydroxylation is 1. The van der Waals surface area contributed by atoms with E-state index in [9.17, 15) is 8.78 Å². The minimum absolute atomic E-state index is 0.308. The second-order valence-corrected chi connectivity index (χ2v) is 8.54. The molecule has 4 heterocycles. The summed E-state index contributed by atoms with van der Waals surface area (Å²) in [7, 11) is 0. The molecule has 1 unspecified atom stereocenters. The number of aromatic nitrogens is 4. The molecular formula is C19H22F2N6OS. The zero-order valence-electron chi connectivity index (χ0n) is 16.0. The Morgan fingerprint density at radius 3 is 2.79 bits per heavy atom. The highest BCUT2D eigenvalue weighted by atomic mass is 32.1. The number of alkyl halides is 2. The van der Waals surface area contributed by atoms with Crippen LogP contribution in [0.5, 0.6) is 5.75 Å². The lowest BCUT2D eigenvalue weighted by Crippen LogP contribution is -2.48. The Hall–Kier alpha value is -2.49. The summed E-state index contributed by atoms with van der Waals surface area (Å²) in [6.07, 6.45) is 1.56. The number of fused-ring (bicyclic) bond motifs is 3. The Morgan fingerprint density at radius 2 is 2.10 bits per heavy atom. The zero-order valence-corrected chi connectivity index (χ0v) is 16.8. The fourth-order valence-corrected chi connectivity index (χ4v) is 5.27. The first-order valence-corrected chi connectivity index (χ1v) is 10.6. The van der Waals surface area contributed by atoms with Crippen LogP contribution in [0.1, 0.15) is 18.5 Å². The second kappa shape index (κ2) is 7.40. The number of nitrogens with zero attached hydrogens (tertiary/aromatic N) is 5. The van der Waals surface area contributed by atoms with Crippen LogP contribution in [-0.2, 0) is 0 Å². The van der Waals surface area contributed by atoms with Crippen molar-refractivity contribution in [1.82, 2.24) is 19.0 Å². The number of pyridine rings is 1. The fraction of sp³-hybridized carbons (Fsp3) is 0.526. The van der Waals surface area contributed by atoms with Gasteiger partial charge < -0.3 is 15.0 Å². The average molecular weight is 420 g/mol. The highest BCUT2D eigenvalue weighted by Crippen LogP contribution is 2.41. The van der Waals surface area contributed by atoms with Gasteiger partial charge in [0.25, 0.3) is 6.43 Å². The lowest BCUT2D eigenvalue weighted by molar-refractivity contribution is 0.0824. The first kappa shape index (κ1) is 18.5. The molecule has 1 N–H and O–H groups in total. The molecule has 3 aromatic heterocycles.